The zero-order valence-corrected chi connectivity index (χ0v) is 18.2. The Morgan fingerprint density at radius 2 is 1.41 bits per heavy atom. The summed E-state index contributed by atoms with van der Waals surface area (Å²) in [7, 11) is 2.13. The summed E-state index contributed by atoms with van der Waals surface area (Å²) in [6.07, 6.45) is 13.2. The fourth-order valence-corrected chi connectivity index (χ4v) is 7.84. The summed E-state index contributed by atoms with van der Waals surface area (Å²) in [5, 5.41) is 3.41. The van der Waals surface area contributed by atoms with E-state index in [4.69, 9.17) is 0 Å². The molecule has 5 aliphatic carbocycles. The highest BCUT2D eigenvalue weighted by atomic mass is 16.2. The number of hydrogen-bond donors (Lipinski definition) is 1. The average Bonchev–Trinajstić information content (AvgIpc) is 2.71. The molecule has 1 atom stereocenters. The minimum Gasteiger partial charge on any atom is -0.344 e. The molecular weight excluding hydrogens is 362 g/mol. The molecule has 162 valence electrons. The fourth-order valence-electron chi connectivity index (χ4n) is 7.84. The predicted molar refractivity (Wildman–Crippen MR) is 113 cm³/mol. The number of nitrogens with zero attached hydrogens (tertiary/aromatic N) is 2. The van der Waals surface area contributed by atoms with E-state index in [0.717, 1.165) is 88.9 Å². The lowest BCUT2D eigenvalue weighted by molar-refractivity contribution is -0.151. The molecule has 0 spiro atoms. The molecule has 0 aromatic rings. The van der Waals surface area contributed by atoms with Gasteiger partial charge in [0.05, 0.1) is 0 Å². The van der Waals surface area contributed by atoms with Gasteiger partial charge >= 0.3 is 0 Å². The second kappa shape index (κ2) is 7.86. The van der Waals surface area contributed by atoms with E-state index in [0.29, 0.717) is 0 Å². The monoisotopic (exact) mass is 401 g/mol. The standard InChI is InChI=1S/C24H39N3O2/c1-26-7-9-27(10-8-26)23(29)21(25-22(28)20-5-3-2-4-6-20)24-14-17-11-18(15-24)13-19(12-17)16-24/h17-21H,2-16H2,1H3,(H,25,28). The third kappa shape index (κ3) is 3.84. The van der Waals surface area contributed by atoms with Gasteiger partial charge in [0.25, 0.3) is 0 Å². The first kappa shape index (κ1) is 19.8. The molecule has 6 aliphatic rings. The quantitative estimate of drug-likeness (QED) is 0.788. The largest absolute Gasteiger partial charge is 0.344 e. The Morgan fingerprint density at radius 3 is 1.97 bits per heavy atom. The highest BCUT2D eigenvalue weighted by Crippen LogP contribution is 2.61. The summed E-state index contributed by atoms with van der Waals surface area (Å²) in [6.45, 7) is 3.49. The lowest BCUT2D eigenvalue weighted by Gasteiger charge is -2.59. The maximum absolute atomic E-state index is 13.8. The second-order valence-electron chi connectivity index (χ2n) is 11.2. The zero-order chi connectivity index (χ0) is 20.0. The van der Waals surface area contributed by atoms with E-state index >= 15 is 0 Å². The average molecular weight is 402 g/mol. The number of amides is 2. The van der Waals surface area contributed by atoms with Crippen LogP contribution in [0.3, 0.4) is 0 Å². The highest BCUT2D eigenvalue weighted by molar-refractivity contribution is 5.89. The van der Waals surface area contributed by atoms with Crippen LogP contribution < -0.4 is 5.32 Å². The van der Waals surface area contributed by atoms with Crippen molar-refractivity contribution in [1.29, 1.82) is 0 Å². The van der Waals surface area contributed by atoms with E-state index in [1.165, 1.54) is 25.7 Å². The molecule has 0 radical (unpaired) electrons. The zero-order valence-electron chi connectivity index (χ0n) is 18.2. The van der Waals surface area contributed by atoms with Crippen molar-refractivity contribution in [3.05, 3.63) is 0 Å². The minimum atomic E-state index is -0.284. The lowest BCUT2D eigenvalue weighted by atomic mass is 9.47. The van der Waals surface area contributed by atoms with Crippen molar-refractivity contribution in [1.82, 2.24) is 15.1 Å². The van der Waals surface area contributed by atoms with Crippen LogP contribution >= 0.6 is 0 Å². The van der Waals surface area contributed by atoms with E-state index in [9.17, 15) is 9.59 Å². The van der Waals surface area contributed by atoms with Crippen LogP contribution in [0.4, 0.5) is 0 Å². The maximum atomic E-state index is 13.8. The Bertz CT molecular complexity index is 599. The summed E-state index contributed by atoms with van der Waals surface area (Å²) in [6, 6.07) is -0.284. The van der Waals surface area contributed by atoms with Crippen LogP contribution in [0.25, 0.3) is 0 Å². The van der Waals surface area contributed by atoms with Gasteiger partial charge < -0.3 is 15.1 Å². The molecule has 5 heteroatoms. The molecule has 2 amide bonds. The van der Waals surface area contributed by atoms with Crippen molar-refractivity contribution in [3.63, 3.8) is 0 Å². The van der Waals surface area contributed by atoms with Crippen molar-refractivity contribution in [2.45, 2.75) is 76.7 Å². The topological polar surface area (TPSA) is 52.6 Å². The summed E-state index contributed by atoms with van der Waals surface area (Å²) in [5.41, 5.74) is 0.0273. The predicted octanol–water partition coefficient (Wildman–Crippen LogP) is 3.04. The summed E-state index contributed by atoms with van der Waals surface area (Å²) in [5.74, 6) is 2.89. The van der Waals surface area contributed by atoms with Crippen LogP contribution in [-0.4, -0.2) is 60.9 Å². The molecular formula is C24H39N3O2. The molecule has 1 N–H and O–H groups in total. The number of carbonyl (C=O) groups is 2. The van der Waals surface area contributed by atoms with Crippen LogP contribution in [0, 0.1) is 29.1 Å². The first-order chi connectivity index (χ1) is 14.0. The Labute approximate surface area is 175 Å². The molecule has 1 saturated heterocycles. The molecule has 6 fully saturated rings. The number of rotatable bonds is 4. The van der Waals surface area contributed by atoms with E-state index in [-0.39, 0.29) is 29.2 Å². The van der Waals surface area contributed by atoms with Gasteiger partial charge in [-0.2, -0.15) is 0 Å². The third-order valence-corrected chi connectivity index (χ3v) is 9.02. The van der Waals surface area contributed by atoms with Gasteiger partial charge in [-0.15, -0.1) is 0 Å². The molecule has 1 aliphatic heterocycles. The lowest BCUT2D eigenvalue weighted by Crippen LogP contribution is -2.64. The van der Waals surface area contributed by atoms with Gasteiger partial charge in [-0.3, -0.25) is 9.59 Å². The van der Waals surface area contributed by atoms with Crippen LogP contribution in [0.2, 0.25) is 0 Å². The maximum Gasteiger partial charge on any atom is 0.245 e. The molecule has 29 heavy (non-hydrogen) atoms. The first-order valence-corrected chi connectivity index (χ1v) is 12.3. The Hall–Kier alpha value is -1.10. The van der Waals surface area contributed by atoms with Crippen molar-refractivity contribution < 1.29 is 9.59 Å². The van der Waals surface area contributed by atoms with E-state index in [1.54, 1.807) is 0 Å². The Morgan fingerprint density at radius 1 is 0.862 bits per heavy atom. The van der Waals surface area contributed by atoms with E-state index in [2.05, 4.69) is 22.2 Å². The third-order valence-electron chi connectivity index (χ3n) is 9.02. The van der Waals surface area contributed by atoms with Crippen LogP contribution in [0.5, 0.6) is 0 Å². The van der Waals surface area contributed by atoms with Gasteiger partial charge in [-0.25, -0.2) is 0 Å². The van der Waals surface area contributed by atoms with Crippen LogP contribution in [0.1, 0.15) is 70.6 Å². The number of piperazine rings is 1. The van der Waals surface area contributed by atoms with Gasteiger partial charge in [0.1, 0.15) is 6.04 Å². The van der Waals surface area contributed by atoms with Crippen molar-refractivity contribution >= 4 is 11.8 Å². The molecule has 0 aromatic heterocycles. The molecule has 6 rings (SSSR count). The molecule has 0 aromatic carbocycles. The normalized spacial score (nSPS) is 38.8. The second-order valence-corrected chi connectivity index (χ2v) is 11.2. The number of hydrogen-bond acceptors (Lipinski definition) is 3. The molecule has 1 unspecified atom stereocenters. The number of carbonyl (C=O) groups excluding carboxylic acids is 2. The summed E-state index contributed by atoms with van der Waals surface area (Å²) < 4.78 is 0. The number of nitrogens with one attached hydrogen (secondary N) is 1. The highest BCUT2D eigenvalue weighted by Gasteiger charge is 2.57. The molecule has 5 saturated carbocycles. The van der Waals surface area contributed by atoms with Crippen LogP contribution in [0.15, 0.2) is 0 Å². The summed E-state index contributed by atoms with van der Waals surface area (Å²) >= 11 is 0. The summed E-state index contributed by atoms with van der Waals surface area (Å²) in [4.78, 5) is 31.4. The number of likely N-dealkylation sites (N-methyl/N-ethyl adjacent to an activating group) is 1. The van der Waals surface area contributed by atoms with Crippen molar-refractivity contribution in [3.8, 4) is 0 Å². The Kier molecular flexibility index (Phi) is 5.38. The fraction of sp³-hybridized carbons (Fsp3) is 0.917. The molecule has 1 heterocycles. The van der Waals surface area contributed by atoms with E-state index in [1.807, 2.05) is 0 Å². The Balaban J connectivity index is 1.38. The molecule has 5 nitrogen and oxygen atoms in total. The van der Waals surface area contributed by atoms with Gasteiger partial charge in [-0.1, -0.05) is 19.3 Å². The SMILES string of the molecule is CN1CCN(C(=O)C(NC(=O)C2CCCCC2)C23CC4CC(CC(C4)C2)C3)CC1. The van der Waals surface area contributed by atoms with Crippen molar-refractivity contribution in [2.24, 2.45) is 29.1 Å². The van der Waals surface area contributed by atoms with E-state index < -0.39 is 0 Å². The van der Waals surface area contributed by atoms with Gasteiger partial charge in [0, 0.05) is 37.5 Å². The van der Waals surface area contributed by atoms with Crippen LogP contribution in [-0.2, 0) is 9.59 Å². The van der Waals surface area contributed by atoms with Gasteiger partial charge in [0.15, 0.2) is 0 Å². The van der Waals surface area contributed by atoms with Crippen molar-refractivity contribution in [2.75, 3.05) is 33.2 Å². The van der Waals surface area contributed by atoms with Gasteiger partial charge in [-0.05, 0) is 76.2 Å². The smallest absolute Gasteiger partial charge is 0.245 e. The first-order valence-electron chi connectivity index (χ1n) is 12.3. The minimum absolute atomic E-state index is 0.0273. The molecule has 4 bridgehead atoms. The van der Waals surface area contributed by atoms with Gasteiger partial charge in [0.2, 0.25) is 11.8 Å².